The van der Waals surface area contributed by atoms with Crippen LogP contribution in [0.2, 0.25) is 0 Å². The lowest BCUT2D eigenvalue weighted by Crippen LogP contribution is -2.26. The Hall–Kier alpha value is -1.65. The molecule has 0 fully saturated rings. The van der Waals surface area contributed by atoms with E-state index in [0.717, 1.165) is 32.6 Å². The second kappa shape index (κ2) is 7.07. The van der Waals surface area contributed by atoms with E-state index in [1.54, 1.807) is 0 Å². The van der Waals surface area contributed by atoms with Crippen LogP contribution in [-0.2, 0) is 20.1 Å². The molecule has 0 aliphatic heterocycles. The van der Waals surface area contributed by atoms with Crippen LogP contribution in [0.15, 0.2) is 42.9 Å². The molecular formula is C15H22N4. The summed E-state index contributed by atoms with van der Waals surface area (Å²) in [6, 6.07) is 10.5. The van der Waals surface area contributed by atoms with Gasteiger partial charge in [-0.1, -0.05) is 30.3 Å². The van der Waals surface area contributed by atoms with Gasteiger partial charge >= 0.3 is 0 Å². The Morgan fingerprint density at radius 3 is 2.63 bits per heavy atom. The fourth-order valence-corrected chi connectivity index (χ4v) is 2.14. The maximum Gasteiger partial charge on any atom is 0.0945 e. The van der Waals surface area contributed by atoms with Crippen molar-refractivity contribution in [2.24, 2.45) is 12.8 Å². The van der Waals surface area contributed by atoms with E-state index in [1.807, 2.05) is 19.6 Å². The lowest BCUT2D eigenvalue weighted by molar-refractivity contribution is 0.249. The summed E-state index contributed by atoms with van der Waals surface area (Å²) < 4.78 is 2.07. The average Bonchev–Trinajstić information content (AvgIpc) is 2.83. The molecule has 0 saturated carbocycles. The summed E-state index contributed by atoms with van der Waals surface area (Å²) >= 11 is 0. The van der Waals surface area contributed by atoms with Crippen molar-refractivity contribution in [1.82, 2.24) is 14.5 Å². The molecule has 1 aromatic carbocycles. The molecule has 0 aliphatic rings. The Balaban J connectivity index is 2.01. The standard InChI is InChI=1S/C15H22N4/c1-18-13-17-10-15(18)12-19(9-5-8-16)11-14-6-3-2-4-7-14/h2-4,6-7,10,13H,5,8-9,11-12,16H2,1H3. The normalized spacial score (nSPS) is 11.1. The molecule has 0 radical (unpaired) electrons. The number of hydrogen-bond acceptors (Lipinski definition) is 3. The minimum absolute atomic E-state index is 0.733. The SMILES string of the molecule is Cn1cncc1CN(CCCN)Cc1ccccc1. The number of benzene rings is 1. The zero-order valence-corrected chi connectivity index (χ0v) is 11.5. The first kappa shape index (κ1) is 13.8. The molecule has 2 aromatic rings. The molecule has 0 saturated heterocycles. The Bertz CT molecular complexity index is 478. The summed E-state index contributed by atoms with van der Waals surface area (Å²) in [5.74, 6) is 0. The molecule has 19 heavy (non-hydrogen) atoms. The summed E-state index contributed by atoms with van der Waals surface area (Å²) in [6.07, 6.45) is 4.80. The van der Waals surface area contributed by atoms with E-state index in [9.17, 15) is 0 Å². The van der Waals surface area contributed by atoms with Gasteiger partial charge in [0.05, 0.1) is 12.0 Å². The van der Waals surface area contributed by atoms with Gasteiger partial charge in [0.2, 0.25) is 0 Å². The summed E-state index contributed by atoms with van der Waals surface area (Å²) in [4.78, 5) is 6.59. The largest absolute Gasteiger partial charge is 0.337 e. The van der Waals surface area contributed by atoms with Crippen LogP contribution in [0.25, 0.3) is 0 Å². The predicted octanol–water partition coefficient (Wildman–Crippen LogP) is 1.77. The van der Waals surface area contributed by atoms with Crippen molar-refractivity contribution in [2.45, 2.75) is 19.5 Å². The maximum absolute atomic E-state index is 5.63. The molecule has 0 bridgehead atoms. The molecule has 0 spiro atoms. The van der Waals surface area contributed by atoms with Gasteiger partial charge in [-0.3, -0.25) is 4.90 Å². The smallest absolute Gasteiger partial charge is 0.0945 e. The Morgan fingerprint density at radius 1 is 1.21 bits per heavy atom. The topological polar surface area (TPSA) is 47.1 Å². The second-order valence-corrected chi connectivity index (χ2v) is 4.83. The van der Waals surface area contributed by atoms with E-state index in [1.165, 1.54) is 11.3 Å². The molecule has 1 aromatic heterocycles. The lowest BCUT2D eigenvalue weighted by atomic mass is 10.2. The zero-order chi connectivity index (χ0) is 13.5. The minimum atomic E-state index is 0.733. The van der Waals surface area contributed by atoms with Gasteiger partial charge < -0.3 is 10.3 Å². The van der Waals surface area contributed by atoms with Crippen molar-refractivity contribution >= 4 is 0 Å². The zero-order valence-electron chi connectivity index (χ0n) is 11.5. The van der Waals surface area contributed by atoms with Crippen LogP contribution in [0.4, 0.5) is 0 Å². The predicted molar refractivity (Wildman–Crippen MR) is 77.4 cm³/mol. The van der Waals surface area contributed by atoms with Crippen LogP contribution < -0.4 is 5.73 Å². The first-order valence-electron chi connectivity index (χ1n) is 6.71. The molecular weight excluding hydrogens is 236 g/mol. The number of rotatable bonds is 7. The van der Waals surface area contributed by atoms with Crippen LogP contribution >= 0.6 is 0 Å². The first-order valence-corrected chi connectivity index (χ1v) is 6.71. The quantitative estimate of drug-likeness (QED) is 0.823. The number of nitrogens with zero attached hydrogens (tertiary/aromatic N) is 3. The van der Waals surface area contributed by atoms with E-state index in [-0.39, 0.29) is 0 Å². The van der Waals surface area contributed by atoms with Crippen molar-refractivity contribution in [3.05, 3.63) is 54.1 Å². The molecule has 0 amide bonds. The number of aryl methyl sites for hydroxylation is 1. The molecule has 2 rings (SSSR count). The number of nitrogens with two attached hydrogens (primary N) is 1. The van der Waals surface area contributed by atoms with Crippen molar-refractivity contribution < 1.29 is 0 Å². The molecule has 1 heterocycles. The number of hydrogen-bond donors (Lipinski definition) is 1. The minimum Gasteiger partial charge on any atom is -0.337 e. The van der Waals surface area contributed by atoms with Crippen LogP contribution in [0, 0.1) is 0 Å². The van der Waals surface area contributed by atoms with Crippen LogP contribution in [-0.4, -0.2) is 27.5 Å². The third kappa shape index (κ3) is 4.19. The second-order valence-electron chi connectivity index (χ2n) is 4.83. The van der Waals surface area contributed by atoms with E-state index < -0.39 is 0 Å². The third-order valence-corrected chi connectivity index (χ3v) is 3.23. The fraction of sp³-hybridized carbons (Fsp3) is 0.400. The first-order chi connectivity index (χ1) is 9.29. The van der Waals surface area contributed by atoms with Gasteiger partial charge in [-0.05, 0) is 18.5 Å². The van der Waals surface area contributed by atoms with Crippen molar-refractivity contribution in [3.8, 4) is 0 Å². The molecule has 4 nitrogen and oxygen atoms in total. The van der Waals surface area contributed by atoms with Crippen molar-refractivity contribution in [3.63, 3.8) is 0 Å². The van der Waals surface area contributed by atoms with Gasteiger partial charge in [0, 0.05) is 32.9 Å². The van der Waals surface area contributed by atoms with Gasteiger partial charge in [0.25, 0.3) is 0 Å². The van der Waals surface area contributed by atoms with Crippen LogP contribution in [0.1, 0.15) is 17.7 Å². The molecule has 4 heteroatoms. The van der Waals surface area contributed by atoms with Crippen LogP contribution in [0.5, 0.6) is 0 Å². The molecule has 102 valence electrons. The van der Waals surface area contributed by atoms with E-state index >= 15 is 0 Å². The van der Waals surface area contributed by atoms with Gasteiger partial charge in [-0.2, -0.15) is 0 Å². The Kier molecular flexibility index (Phi) is 5.12. The van der Waals surface area contributed by atoms with E-state index in [0.29, 0.717) is 0 Å². The summed E-state index contributed by atoms with van der Waals surface area (Å²) in [7, 11) is 2.03. The fourth-order valence-electron chi connectivity index (χ4n) is 2.14. The molecule has 0 unspecified atom stereocenters. The molecule has 0 atom stereocenters. The molecule has 0 aliphatic carbocycles. The van der Waals surface area contributed by atoms with E-state index in [4.69, 9.17) is 5.73 Å². The summed E-state index contributed by atoms with van der Waals surface area (Å²) in [6.45, 7) is 3.60. The summed E-state index contributed by atoms with van der Waals surface area (Å²) in [5.41, 5.74) is 8.19. The third-order valence-electron chi connectivity index (χ3n) is 3.23. The Labute approximate surface area is 114 Å². The van der Waals surface area contributed by atoms with Gasteiger partial charge in [-0.25, -0.2) is 4.98 Å². The number of imidazole rings is 1. The van der Waals surface area contributed by atoms with Gasteiger partial charge in [0.15, 0.2) is 0 Å². The lowest BCUT2D eigenvalue weighted by Gasteiger charge is -2.22. The van der Waals surface area contributed by atoms with Crippen LogP contribution in [0.3, 0.4) is 0 Å². The maximum atomic E-state index is 5.63. The Morgan fingerprint density at radius 2 is 2.00 bits per heavy atom. The average molecular weight is 258 g/mol. The highest BCUT2D eigenvalue weighted by Crippen LogP contribution is 2.09. The van der Waals surface area contributed by atoms with E-state index in [2.05, 4.69) is 44.8 Å². The van der Waals surface area contributed by atoms with Gasteiger partial charge in [-0.15, -0.1) is 0 Å². The highest BCUT2D eigenvalue weighted by Gasteiger charge is 2.08. The van der Waals surface area contributed by atoms with Crippen molar-refractivity contribution in [2.75, 3.05) is 13.1 Å². The van der Waals surface area contributed by atoms with Crippen molar-refractivity contribution in [1.29, 1.82) is 0 Å². The number of aromatic nitrogens is 2. The van der Waals surface area contributed by atoms with Gasteiger partial charge in [0.1, 0.15) is 0 Å². The molecule has 2 N–H and O–H groups in total. The highest BCUT2D eigenvalue weighted by atomic mass is 15.1. The summed E-state index contributed by atoms with van der Waals surface area (Å²) in [5, 5.41) is 0. The monoisotopic (exact) mass is 258 g/mol. The highest BCUT2D eigenvalue weighted by molar-refractivity contribution is 5.14.